The zero-order valence-electron chi connectivity index (χ0n) is 13.3. The lowest BCUT2D eigenvalue weighted by atomic mass is 10.1. The van der Waals surface area contributed by atoms with E-state index in [4.69, 9.17) is 4.74 Å². The van der Waals surface area contributed by atoms with Gasteiger partial charge in [-0.3, -0.25) is 9.59 Å². The summed E-state index contributed by atoms with van der Waals surface area (Å²) >= 11 is 1.29. The minimum atomic E-state index is -0.926. The average molecular weight is 346 g/mol. The van der Waals surface area contributed by atoms with Gasteiger partial charge in [0.05, 0.1) is 12.0 Å². The topological polar surface area (TPSA) is 84.5 Å². The molecule has 0 saturated carbocycles. The highest BCUT2D eigenvalue weighted by atomic mass is 32.1. The molecule has 0 aliphatic rings. The van der Waals surface area contributed by atoms with Gasteiger partial charge in [-0.2, -0.15) is 0 Å². The maximum Gasteiger partial charge on any atom is 0.333 e. The number of amides is 2. The van der Waals surface area contributed by atoms with E-state index in [1.54, 1.807) is 48.7 Å². The monoisotopic (exact) mass is 346 g/mol. The van der Waals surface area contributed by atoms with Gasteiger partial charge in [0.1, 0.15) is 6.04 Å². The third kappa shape index (κ3) is 4.42. The first kappa shape index (κ1) is 17.7. The van der Waals surface area contributed by atoms with E-state index in [0.717, 1.165) is 0 Å². The molecule has 6 nitrogen and oxygen atoms in total. The van der Waals surface area contributed by atoms with E-state index in [1.165, 1.54) is 18.4 Å². The van der Waals surface area contributed by atoms with Crippen LogP contribution in [0.1, 0.15) is 28.2 Å². The molecule has 0 aliphatic carbocycles. The lowest BCUT2D eigenvalue weighted by Gasteiger charge is -2.20. The van der Waals surface area contributed by atoms with Crippen molar-refractivity contribution in [1.29, 1.82) is 0 Å². The highest BCUT2D eigenvalue weighted by Crippen LogP contribution is 2.14. The fourth-order valence-corrected chi connectivity index (χ4v) is 2.68. The van der Waals surface area contributed by atoms with Crippen molar-refractivity contribution < 1.29 is 19.1 Å². The van der Waals surface area contributed by atoms with Gasteiger partial charge in [0.15, 0.2) is 6.04 Å². The number of hydrogen-bond donors (Lipinski definition) is 2. The summed E-state index contributed by atoms with van der Waals surface area (Å²) in [4.78, 5) is 36.8. The van der Waals surface area contributed by atoms with Crippen molar-refractivity contribution in [1.82, 2.24) is 10.6 Å². The Labute approximate surface area is 143 Å². The van der Waals surface area contributed by atoms with E-state index in [1.807, 2.05) is 6.07 Å². The molecule has 24 heavy (non-hydrogen) atoms. The zero-order chi connectivity index (χ0) is 17.5. The molecule has 2 aromatic rings. The van der Waals surface area contributed by atoms with Crippen LogP contribution in [0.5, 0.6) is 0 Å². The lowest BCUT2D eigenvalue weighted by molar-refractivity contribution is -0.145. The summed E-state index contributed by atoms with van der Waals surface area (Å²) in [6, 6.07) is 10.5. The summed E-state index contributed by atoms with van der Waals surface area (Å²) in [6.07, 6.45) is 0. The van der Waals surface area contributed by atoms with Crippen LogP contribution in [0.15, 0.2) is 47.8 Å². The number of thiophene rings is 1. The van der Waals surface area contributed by atoms with E-state index in [-0.39, 0.29) is 5.91 Å². The number of hydrogen-bond acceptors (Lipinski definition) is 5. The van der Waals surface area contributed by atoms with Crippen molar-refractivity contribution in [3.63, 3.8) is 0 Å². The third-order valence-electron chi connectivity index (χ3n) is 3.34. The second kappa shape index (κ2) is 8.26. The van der Waals surface area contributed by atoms with Crippen LogP contribution in [0.2, 0.25) is 0 Å². The molecule has 2 rings (SSSR count). The second-order valence-electron chi connectivity index (χ2n) is 5.05. The number of methoxy groups -OCH3 is 1. The van der Waals surface area contributed by atoms with E-state index in [2.05, 4.69) is 10.6 Å². The smallest absolute Gasteiger partial charge is 0.333 e. The number of ether oxygens (including phenoxy) is 1. The minimum Gasteiger partial charge on any atom is -0.467 e. The van der Waals surface area contributed by atoms with Crippen molar-refractivity contribution >= 4 is 29.1 Å². The molecule has 7 heteroatoms. The Balaban J connectivity index is 2.04. The van der Waals surface area contributed by atoms with E-state index in [9.17, 15) is 14.4 Å². The van der Waals surface area contributed by atoms with Crippen LogP contribution in [0, 0.1) is 0 Å². The summed E-state index contributed by atoms with van der Waals surface area (Å²) < 4.78 is 4.75. The second-order valence-corrected chi connectivity index (χ2v) is 6.00. The molecule has 1 heterocycles. The van der Waals surface area contributed by atoms with Gasteiger partial charge in [0.25, 0.3) is 5.91 Å². The molecule has 0 spiro atoms. The Hall–Kier alpha value is -2.67. The van der Waals surface area contributed by atoms with Crippen LogP contribution in [0.25, 0.3) is 0 Å². The summed E-state index contributed by atoms with van der Waals surface area (Å²) in [5.41, 5.74) is 0.606. The first-order valence-electron chi connectivity index (χ1n) is 7.30. The molecule has 0 saturated heterocycles. The van der Waals surface area contributed by atoms with Crippen LogP contribution in [0.3, 0.4) is 0 Å². The van der Waals surface area contributed by atoms with Gasteiger partial charge in [0.2, 0.25) is 5.91 Å². The van der Waals surface area contributed by atoms with E-state index < -0.39 is 24.0 Å². The first-order valence-corrected chi connectivity index (χ1v) is 8.18. The molecule has 0 fully saturated rings. The van der Waals surface area contributed by atoms with Gasteiger partial charge in [-0.25, -0.2) is 4.79 Å². The molecule has 2 amide bonds. The van der Waals surface area contributed by atoms with Gasteiger partial charge in [0, 0.05) is 0 Å². The Morgan fingerprint density at radius 1 is 1.04 bits per heavy atom. The first-order chi connectivity index (χ1) is 11.5. The Kier molecular flexibility index (Phi) is 6.08. The van der Waals surface area contributed by atoms with Crippen LogP contribution in [-0.4, -0.2) is 30.9 Å². The van der Waals surface area contributed by atoms with Crippen molar-refractivity contribution in [3.05, 3.63) is 58.3 Å². The highest BCUT2D eigenvalue weighted by molar-refractivity contribution is 7.12. The van der Waals surface area contributed by atoms with Crippen LogP contribution in [-0.2, 0) is 14.3 Å². The predicted octanol–water partition coefficient (Wildman–Crippen LogP) is 1.90. The summed E-state index contributed by atoms with van der Waals surface area (Å²) in [5, 5.41) is 6.99. The summed E-state index contributed by atoms with van der Waals surface area (Å²) in [6.45, 7) is 1.56. The molecular formula is C17H18N2O4S. The molecule has 126 valence electrons. The fraction of sp³-hybridized carbons (Fsp3) is 0.235. The Bertz CT molecular complexity index is 701. The third-order valence-corrected chi connectivity index (χ3v) is 4.21. The molecule has 2 atom stereocenters. The molecule has 1 aromatic heterocycles. The maximum atomic E-state index is 12.3. The number of rotatable bonds is 6. The molecule has 0 radical (unpaired) electrons. The fourth-order valence-electron chi connectivity index (χ4n) is 2.05. The standard InChI is InChI=1S/C17H18N2O4S/c1-11(18-16(21)13-9-6-10-24-13)15(20)19-14(17(22)23-2)12-7-4-3-5-8-12/h3-11,14H,1-2H3,(H,18,21)(H,19,20). The summed E-state index contributed by atoms with van der Waals surface area (Å²) in [5.74, 6) is -1.38. The van der Waals surface area contributed by atoms with Gasteiger partial charge in [-0.05, 0) is 23.9 Å². The molecular weight excluding hydrogens is 328 g/mol. The van der Waals surface area contributed by atoms with Crippen molar-refractivity contribution in [3.8, 4) is 0 Å². The highest BCUT2D eigenvalue weighted by Gasteiger charge is 2.26. The minimum absolute atomic E-state index is 0.332. The van der Waals surface area contributed by atoms with Gasteiger partial charge >= 0.3 is 5.97 Å². The quantitative estimate of drug-likeness (QED) is 0.783. The van der Waals surface area contributed by atoms with Gasteiger partial charge in [-0.15, -0.1) is 11.3 Å². The Morgan fingerprint density at radius 2 is 1.75 bits per heavy atom. The molecule has 1 aromatic carbocycles. The van der Waals surface area contributed by atoms with Crippen molar-refractivity contribution in [2.24, 2.45) is 0 Å². The molecule has 0 aliphatic heterocycles. The van der Waals surface area contributed by atoms with E-state index in [0.29, 0.717) is 10.4 Å². The van der Waals surface area contributed by atoms with E-state index >= 15 is 0 Å². The number of carbonyl (C=O) groups is 3. The number of benzene rings is 1. The SMILES string of the molecule is COC(=O)C(NC(=O)C(C)NC(=O)c1cccs1)c1ccccc1. The van der Waals surface area contributed by atoms with Gasteiger partial charge < -0.3 is 15.4 Å². The lowest BCUT2D eigenvalue weighted by Crippen LogP contribution is -2.47. The maximum absolute atomic E-state index is 12.3. The predicted molar refractivity (Wildman–Crippen MR) is 90.6 cm³/mol. The Morgan fingerprint density at radius 3 is 2.33 bits per heavy atom. The average Bonchev–Trinajstić information content (AvgIpc) is 3.14. The molecule has 0 bridgehead atoms. The van der Waals surface area contributed by atoms with Crippen LogP contribution < -0.4 is 10.6 Å². The number of esters is 1. The van der Waals surface area contributed by atoms with Crippen LogP contribution >= 0.6 is 11.3 Å². The normalized spacial score (nSPS) is 12.8. The zero-order valence-corrected chi connectivity index (χ0v) is 14.1. The number of carbonyl (C=O) groups excluding carboxylic acids is 3. The van der Waals surface area contributed by atoms with Gasteiger partial charge in [-0.1, -0.05) is 36.4 Å². The largest absolute Gasteiger partial charge is 0.467 e. The van der Waals surface area contributed by atoms with Crippen LogP contribution in [0.4, 0.5) is 0 Å². The van der Waals surface area contributed by atoms with Crippen molar-refractivity contribution in [2.75, 3.05) is 7.11 Å². The summed E-state index contributed by atoms with van der Waals surface area (Å²) in [7, 11) is 1.26. The number of nitrogens with one attached hydrogen (secondary N) is 2. The molecule has 2 N–H and O–H groups in total. The molecule has 2 unspecified atom stereocenters. The van der Waals surface area contributed by atoms with Crippen molar-refractivity contribution in [2.45, 2.75) is 19.0 Å².